The Morgan fingerprint density at radius 2 is 2.09 bits per heavy atom. The number of hydrogen-bond donors (Lipinski definition) is 1. The van der Waals surface area contributed by atoms with E-state index in [9.17, 15) is 0 Å². The van der Waals surface area contributed by atoms with Gasteiger partial charge in [-0.25, -0.2) is 9.97 Å². The molecule has 0 spiro atoms. The molecule has 2 heterocycles. The summed E-state index contributed by atoms with van der Waals surface area (Å²) in [6.45, 7) is 4.76. The third kappa shape index (κ3) is 3.36. The smallest absolute Gasteiger partial charge is 0.178 e. The minimum Gasteiger partial charge on any atom is -0.493 e. The molecule has 0 aliphatic heterocycles. The van der Waals surface area contributed by atoms with Gasteiger partial charge in [-0.05, 0) is 43.0 Å². The van der Waals surface area contributed by atoms with Crippen LogP contribution in [0.4, 0.5) is 0 Å². The van der Waals surface area contributed by atoms with Crippen LogP contribution in [-0.2, 0) is 0 Å². The highest BCUT2D eigenvalue weighted by atomic mass is 35.5. The molecular formula is C16H18ClN3OS. The van der Waals surface area contributed by atoms with Crippen LogP contribution in [-0.4, -0.2) is 27.3 Å². The lowest BCUT2D eigenvalue weighted by Gasteiger charge is -2.10. The molecule has 6 heteroatoms. The van der Waals surface area contributed by atoms with Crippen LogP contribution in [0.2, 0.25) is 0 Å². The number of pyridine rings is 1. The van der Waals surface area contributed by atoms with E-state index in [1.807, 2.05) is 19.1 Å². The third-order valence-electron chi connectivity index (χ3n) is 3.08. The molecule has 0 atom stereocenters. The SMILES string of the molecule is CCOc1cc(SCC)ccc1-c1nc2ncccc2[nH]1.Cl. The van der Waals surface area contributed by atoms with E-state index in [1.54, 1.807) is 18.0 Å². The number of nitrogens with one attached hydrogen (secondary N) is 1. The van der Waals surface area contributed by atoms with E-state index in [1.165, 1.54) is 4.90 Å². The van der Waals surface area contributed by atoms with Gasteiger partial charge in [0.25, 0.3) is 0 Å². The van der Waals surface area contributed by atoms with Gasteiger partial charge in [-0.2, -0.15) is 0 Å². The van der Waals surface area contributed by atoms with Crippen molar-refractivity contribution in [3.63, 3.8) is 0 Å². The molecule has 22 heavy (non-hydrogen) atoms. The van der Waals surface area contributed by atoms with Crippen molar-refractivity contribution in [2.24, 2.45) is 0 Å². The summed E-state index contributed by atoms with van der Waals surface area (Å²) in [5, 5.41) is 0. The van der Waals surface area contributed by atoms with Gasteiger partial charge in [0, 0.05) is 11.1 Å². The largest absolute Gasteiger partial charge is 0.493 e. The van der Waals surface area contributed by atoms with Crippen LogP contribution in [0.5, 0.6) is 5.75 Å². The summed E-state index contributed by atoms with van der Waals surface area (Å²) >= 11 is 1.80. The Bertz CT molecular complexity index is 727. The number of benzene rings is 1. The zero-order valence-electron chi connectivity index (χ0n) is 12.5. The molecule has 2 aromatic heterocycles. The second-order valence-corrected chi connectivity index (χ2v) is 5.82. The van der Waals surface area contributed by atoms with Gasteiger partial charge >= 0.3 is 0 Å². The predicted octanol–water partition coefficient (Wildman–Crippen LogP) is 4.56. The number of hydrogen-bond acceptors (Lipinski definition) is 4. The molecule has 4 nitrogen and oxygen atoms in total. The highest BCUT2D eigenvalue weighted by Gasteiger charge is 2.12. The topological polar surface area (TPSA) is 50.8 Å². The highest BCUT2D eigenvalue weighted by molar-refractivity contribution is 7.99. The van der Waals surface area contributed by atoms with Crippen molar-refractivity contribution in [3.8, 4) is 17.1 Å². The Morgan fingerprint density at radius 3 is 2.82 bits per heavy atom. The van der Waals surface area contributed by atoms with Crippen molar-refractivity contribution < 1.29 is 4.74 Å². The maximum atomic E-state index is 5.78. The van der Waals surface area contributed by atoms with Crippen LogP contribution >= 0.6 is 24.2 Å². The van der Waals surface area contributed by atoms with Gasteiger partial charge in [0.2, 0.25) is 0 Å². The maximum absolute atomic E-state index is 5.78. The Hall–Kier alpha value is -1.72. The molecule has 0 fully saturated rings. The van der Waals surface area contributed by atoms with Crippen LogP contribution in [0.1, 0.15) is 13.8 Å². The van der Waals surface area contributed by atoms with Crippen LogP contribution < -0.4 is 4.74 Å². The van der Waals surface area contributed by atoms with Crippen molar-refractivity contribution >= 4 is 35.3 Å². The zero-order valence-corrected chi connectivity index (χ0v) is 14.1. The minimum atomic E-state index is 0. The maximum Gasteiger partial charge on any atom is 0.178 e. The molecule has 0 bridgehead atoms. The molecule has 1 aromatic carbocycles. The van der Waals surface area contributed by atoms with Crippen LogP contribution in [0.3, 0.4) is 0 Å². The van der Waals surface area contributed by atoms with E-state index in [-0.39, 0.29) is 12.4 Å². The number of halogens is 1. The lowest BCUT2D eigenvalue weighted by Crippen LogP contribution is -1.95. The number of ether oxygens (including phenoxy) is 1. The quantitative estimate of drug-likeness (QED) is 0.694. The summed E-state index contributed by atoms with van der Waals surface area (Å²) in [6, 6.07) is 10.1. The lowest BCUT2D eigenvalue weighted by molar-refractivity contribution is 0.340. The number of aromatic amines is 1. The lowest BCUT2D eigenvalue weighted by atomic mass is 10.2. The number of fused-ring (bicyclic) bond motifs is 1. The summed E-state index contributed by atoms with van der Waals surface area (Å²) in [6.07, 6.45) is 1.75. The first-order chi connectivity index (χ1) is 10.3. The fraction of sp³-hybridized carbons (Fsp3) is 0.250. The Balaban J connectivity index is 0.00000176. The fourth-order valence-corrected chi connectivity index (χ4v) is 2.89. The normalized spacial score (nSPS) is 10.5. The molecule has 3 aromatic rings. The molecule has 0 saturated carbocycles. The van der Waals surface area contributed by atoms with E-state index in [0.717, 1.165) is 34.1 Å². The summed E-state index contributed by atoms with van der Waals surface area (Å²) in [5.41, 5.74) is 2.62. The summed E-state index contributed by atoms with van der Waals surface area (Å²) < 4.78 is 5.78. The molecule has 0 radical (unpaired) electrons. The molecule has 0 aliphatic rings. The molecule has 1 N–H and O–H groups in total. The highest BCUT2D eigenvalue weighted by Crippen LogP contribution is 2.33. The Morgan fingerprint density at radius 1 is 1.23 bits per heavy atom. The number of rotatable bonds is 5. The van der Waals surface area contributed by atoms with Gasteiger partial charge in [-0.3, -0.25) is 0 Å². The summed E-state index contributed by atoms with van der Waals surface area (Å²) in [5.74, 6) is 2.69. The molecular weight excluding hydrogens is 318 g/mol. The average Bonchev–Trinajstić information content (AvgIpc) is 2.92. The molecule has 0 unspecified atom stereocenters. The number of thioether (sulfide) groups is 1. The molecule has 0 saturated heterocycles. The van der Waals surface area contributed by atoms with E-state index in [2.05, 4.69) is 40.1 Å². The van der Waals surface area contributed by atoms with Gasteiger partial charge in [0.1, 0.15) is 11.6 Å². The predicted molar refractivity (Wildman–Crippen MR) is 94.1 cm³/mol. The van der Waals surface area contributed by atoms with Gasteiger partial charge < -0.3 is 9.72 Å². The number of H-pyrrole nitrogens is 1. The van der Waals surface area contributed by atoms with Gasteiger partial charge in [0.05, 0.1) is 17.7 Å². The van der Waals surface area contributed by atoms with Crippen LogP contribution in [0.15, 0.2) is 41.4 Å². The second kappa shape index (κ2) is 7.51. The third-order valence-corrected chi connectivity index (χ3v) is 3.95. The fourth-order valence-electron chi connectivity index (χ4n) is 2.20. The van der Waals surface area contributed by atoms with E-state index < -0.39 is 0 Å². The van der Waals surface area contributed by atoms with Gasteiger partial charge in [0.15, 0.2) is 5.65 Å². The van der Waals surface area contributed by atoms with Crippen LogP contribution in [0, 0.1) is 0 Å². The molecule has 3 rings (SSSR count). The zero-order chi connectivity index (χ0) is 14.7. The van der Waals surface area contributed by atoms with Gasteiger partial charge in [-0.1, -0.05) is 6.92 Å². The number of nitrogens with zero attached hydrogens (tertiary/aromatic N) is 2. The Kier molecular flexibility index (Phi) is 5.69. The van der Waals surface area contributed by atoms with Crippen molar-refractivity contribution in [1.29, 1.82) is 0 Å². The minimum absolute atomic E-state index is 0. The van der Waals surface area contributed by atoms with Crippen molar-refractivity contribution in [2.45, 2.75) is 18.7 Å². The van der Waals surface area contributed by atoms with Crippen molar-refractivity contribution in [1.82, 2.24) is 15.0 Å². The first-order valence-corrected chi connectivity index (χ1v) is 8.01. The Labute approximate surface area is 140 Å². The summed E-state index contributed by atoms with van der Waals surface area (Å²) in [4.78, 5) is 13.3. The van der Waals surface area contributed by atoms with Crippen molar-refractivity contribution in [2.75, 3.05) is 12.4 Å². The molecule has 0 aliphatic carbocycles. The van der Waals surface area contributed by atoms with Gasteiger partial charge in [-0.15, -0.1) is 24.2 Å². The second-order valence-electron chi connectivity index (χ2n) is 4.48. The number of aromatic nitrogens is 3. The van der Waals surface area contributed by atoms with E-state index >= 15 is 0 Å². The molecule has 116 valence electrons. The summed E-state index contributed by atoms with van der Waals surface area (Å²) in [7, 11) is 0. The van der Waals surface area contributed by atoms with Crippen molar-refractivity contribution in [3.05, 3.63) is 36.5 Å². The first kappa shape index (κ1) is 16.6. The van der Waals surface area contributed by atoms with E-state index in [4.69, 9.17) is 4.74 Å². The average molecular weight is 336 g/mol. The number of imidazole rings is 1. The van der Waals surface area contributed by atoms with E-state index in [0.29, 0.717) is 6.61 Å². The first-order valence-electron chi connectivity index (χ1n) is 7.02. The monoisotopic (exact) mass is 335 g/mol. The van der Waals surface area contributed by atoms with Crippen LogP contribution in [0.25, 0.3) is 22.6 Å². The standard InChI is InChI=1S/C16H17N3OS.ClH/c1-3-20-14-10-11(21-4-2)7-8-12(14)15-18-13-6-5-9-17-16(13)19-15;/h5-10H,3-4H2,1-2H3,(H,17,18,19);1H. The molecule has 0 amide bonds.